The molecule has 4 heteroatoms. The number of nitrogens with one attached hydrogen (secondary N) is 1. The van der Waals surface area contributed by atoms with Crippen molar-refractivity contribution >= 4 is 5.69 Å². The minimum Gasteiger partial charge on any atom is -0.493 e. The van der Waals surface area contributed by atoms with Crippen molar-refractivity contribution in [2.24, 2.45) is 0 Å². The number of hydrogen-bond acceptors (Lipinski definition) is 4. The van der Waals surface area contributed by atoms with Gasteiger partial charge < -0.3 is 20.5 Å². The van der Waals surface area contributed by atoms with Crippen LogP contribution in [0.5, 0.6) is 11.5 Å². The Hall–Kier alpha value is -2.20. The van der Waals surface area contributed by atoms with E-state index < -0.39 is 0 Å². The summed E-state index contributed by atoms with van der Waals surface area (Å²) >= 11 is 0. The van der Waals surface area contributed by atoms with Gasteiger partial charge in [-0.3, -0.25) is 0 Å². The van der Waals surface area contributed by atoms with Crippen molar-refractivity contribution in [3.8, 4) is 11.5 Å². The van der Waals surface area contributed by atoms with Crippen LogP contribution in [-0.2, 0) is 6.42 Å². The Balaban J connectivity index is 2.13. The van der Waals surface area contributed by atoms with E-state index in [9.17, 15) is 0 Å². The summed E-state index contributed by atoms with van der Waals surface area (Å²) in [5.41, 5.74) is 11.8. The Morgan fingerprint density at radius 3 is 2.50 bits per heavy atom. The number of ether oxygens (including phenoxy) is 2. The van der Waals surface area contributed by atoms with Gasteiger partial charge in [-0.25, -0.2) is 0 Å². The number of hydrogen-bond donors (Lipinski definition) is 2. The maximum absolute atomic E-state index is 6.21. The van der Waals surface area contributed by atoms with Crippen LogP contribution in [0.2, 0.25) is 0 Å². The molecule has 0 saturated carbocycles. The monoisotopic (exact) mass is 298 g/mol. The summed E-state index contributed by atoms with van der Waals surface area (Å²) in [6, 6.07) is 10.4. The van der Waals surface area contributed by atoms with Crippen molar-refractivity contribution in [3.63, 3.8) is 0 Å². The van der Waals surface area contributed by atoms with E-state index in [4.69, 9.17) is 15.2 Å². The van der Waals surface area contributed by atoms with E-state index in [1.807, 2.05) is 12.1 Å². The molecular weight excluding hydrogens is 276 g/mol. The second kappa shape index (κ2) is 5.89. The third-order valence-electron chi connectivity index (χ3n) is 4.25. The summed E-state index contributed by atoms with van der Waals surface area (Å²) in [6.07, 6.45) is 0.970. The molecule has 1 aliphatic heterocycles. The first-order chi connectivity index (χ1) is 10.6. The van der Waals surface area contributed by atoms with Gasteiger partial charge in [0.25, 0.3) is 0 Å². The van der Waals surface area contributed by atoms with E-state index in [1.165, 1.54) is 16.7 Å². The van der Waals surface area contributed by atoms with Crippen LogP contribution in [0.4, 0.5) is 5.69 Å². The van der Waals surface area contributed by atoms with Crippen molar-refractivity contribution in [1.29, 1.82) is 0 Å². The van der Waals surface area contributed by atoms with Gasteiger partial charge in [0.05, 0.1) is 20.3 Å². The first-order valence-electron chi connectivity index (χ1n) is 7.48. The standard InChI is InChI=1S/C18H22N2O2/c1-11-4-5-15(19)14(8-11)18-13-10-17(22-3)16(21-2)9-12(13)6-7-20-18/h4-5,8-10,18,20H,6-7,19H2,1-3H3/t18-/m1/s1. The zero-order chi connectivity index (χ0) is 15.7. The topological polar surface area (TPSA) is 56.5 Å². The molecule has 0 amide bonds. The molecule has 0 aliphatic carbocycles. The van der Waals surface area contributed by atoms with Gasteiger partial charge in [0.1, 0.15) is 0 Å². The van der Waals surface area contributed by atoms with Crippen molar-refractivity contribution in [2.45, 2.75) is 19.4 Å². The number of nitrogen functional groups attached to an aromatic ring is 1. The number of anilines is 1. The number of benzene rings is 2. The third-order valence-corrected chi connectivity index (χ3v) is 4.25. The number of fused-ring (bicyclic) bond motifs is 1. The largest absolute Gasteiger partial charge is 0.493 e. The summed E-state index contributed by atoms with van der Waals surface area (Å²) in [5.74, 6) is 1.53. The highest BCUT2D eigenvalue weighted by molar-refractivity contribution is 5.57. The van der Waals surface area contributed by atoms with Crippen LogP contribution in [0.1, 0.15) is 28.3 Å². The van der Waals surface area contributed by atoms with Gasteiger partial charge in [-0.15, -0.1) is 0 Å². The highest BCUT2D eigenvalue weighted by Gasteiger charge is 2.25. The molecule has 116 valence electrons. The minimum atomic E-state index is 0.0865. The molecule has 1 heterocycles. The maximum atomic E-state index is 6.21. The summed E-state index contributed by atoms with van der Waals surface area (Å²) in [5, 5.41) is 3.57. The lowest BCUT2D eigenvalue weighted by Crippen LogP contribution is -2.31. The van der Waals surface area contributed by atoms with Gasteiger partial charge in [0, 0.05) is 12.2 Å². The van der Waals surface area contributed by atoms with Crippen molar-refractivity contribution < 1.29 is 9.47 Å². The van der Waals surface area contributed by atoms with Crippen LogP contribution < -0.4 is 20.5 Å². The second-order valence-electron chi connectivity index (χ2n) is 5.68. The molecule has 1 atom stereocenters. The second-order valence-corrected chi connectivity index (χ2v) is 5.68. The highest BCUT2D eigenvalue weighted by Crippen LogP contribution is 2.38. The smallest absolute Gasteiger partial charge is 0.161 e. The SMILES string of the molecule is COc1cc2c(cc1OC)[C@H](c1cc(C)ccc1N)NCC2. The lowest BCUT2D eigenvalue weighted by Gasteiger charge is -2.29. The molecule has 2 aromatic carbocycles. The fourth-order valence-corrected chi connectivity index (χ4v) is 3.10. The molecule has 3 rings (SSSR count). The number of aryl methyl sites for hydroxylation is 1. The predicted molar refractivity (Wildman–Crippen MR) is 88.7 cm³/mol. The summed E-state index contributed by atoms with van der Waals surface area (Å²) in [4.78, 5) is 0. The molecule has 0 fully saturated rings. The van der Waals surface area contributed by atoms with E-state index >= 15 is 0 Å². The van der Waals surface area contributed by atoms with E-state index in [0.29, 0.717) is 0 Å². The molecule has 0 bridgehead atoms. The zero-order valence-electron chi connectivity index (χ0n) is 13.3. The van der Waals surface area contributed by atoms with E-state index in [1.54, 1.807) is 14.2 Å². The average Bonchev–Trinajstić information content (AvgIpc) is 2.55. The Morgan fingerprint density at radius 1 is 1.05 bits per heavy atom. The summed E-state index contributed by atoms with van der Waals surface area (Å²) in [7, 11) is 3.33. The van der Waals surface area contributed by atoms with Crippen LogP contribution in [0.3, 0.4) is 0 Å². The molecule has 0 radical (unpaired) electrons. The fourth-order valence-electron chi connectivity index (χ4n) is 3.10. The van der Waals surface area contributed by atoms with Crippen molar-refractivity contribution in [2.75, 3.05) is 26.5 Å². The van der Waals surface area contributed by atoms with Crippen molar-refractivity contribution in [1.82, 2.24) is 5.32 Å². The van der Waals surface area contributed by atoms with Crippen LogP contribution in [0.25, 0.3) is 0 Å². The number of methoxy groups -OCH3 is 2. The van der Waals surface area contributed by atoms with Crippen LogP contribution in [0, 0.1) is 6.92 Å². The first kappa shape index (κ1) is 14.7. The Labute approximate surface area is 131 Å². The van der Waals surface area contributed by atoms with E-state index in [2.05, 4.69) is 30.4 Å². The lowest BCUT2D eigenvalue weighted by atomic mass is 9.88. The Bertz CT molecular complexity index is 698. The van der Waals surface area contributed by atoms with Crippen LogP contribution in [-0.4, -0.2) is 20.8 Å². The number of nitrogens with two attached hydrogens (primary N) is 1. The predicted octanol–water partition coefficient (Wildman–Crippen LogP) is 2.83. The maximum Gasteiger partial charge on any atom is 0.161 e. The third kappa shape index (κ3) is 2.50. The molecule has 3 N–H and O–H groups in total. The fraction of sp³-hybridized carbons (Fsp3) is 0.333. The quantitative estimate of drug-likeness (QED) is 0.856. The molecule has 0 unspecified atom stereocenters. The van der Waals surface area contributed by atoms with Crippen LogP contribution >= 0.6 is 0 Å². The Morgan fingerprint density at radius 2 is 1.77 bits per heavy atom. The normalized spacial score (nSPS) is 17.0. The molecule has 4 nitrogen and oxygen atoms in total. The molecule has 1 aliphatic rings. The molecule has 0 spiro atoms. The van der Waals surface area contributed by atoms with Gasteiger partial charge in [0.15, 0.2) is 11.5 Å². The van der Waals surface area contributed by atoms with E-state index in [0.717, 1.165) is 35.7 Å². The molecule has 22 heavy (non-hydrogen) atoms. The molecule has 0 saturated heterocycles. The molecule has 2 aromatic rings. The van der Waals surface area contributed by atoms with Gasteiger partial charge >= 0.3 is 0 Å². The molecular formula is C18H22N2O2. The van der Waals surface area contributed by atoms with Gasteiger partial charge in [-0.1, -0.05) is 17.7 Å². The van der Waals surface area contributed by atoms with Gasteiger partial charge in [-0.2, -0.15) is 0 Å². The minimum absolute atomic E-state index is 0.0865. The van der Waals surface area contributed by atoms with E-state index in [-0.39, 0.29) is 6.04 Å². The highest BCUT2D eigenvalue weighted by atomic mass is 16.5. The number of rotatable bonds is 3. The Kier molecular flexibility index (Phi) is 3.94. The summed E-state index contributed by atoms with van der Waals surface area (Å²) in [6.45, 7) is 3.00. The van der Waals surface area contributed by atoms with Crippen molar-refractivity contribution in [3.05, 3.63) is 52.6 Å². The van der Waals surface area contributed by atoms with Gasteiger partial charge in [-0.05, 0) is 48.2 Å². The average molecular weight is 298 g/mol. The first-order valence-corrected chi connectivity index (χ1v) is 7.48. The van der Waals surface area contributed by atoms with Gasteiger partial charge in [0.2, 0.25) is 0 Å². The van der Waals surface area contributed by atoms with Crippen LogP contribution in [0.15, 0.2) is 30.3 Å². The zero-order valence-corrected chi connectivity index (χ0v) is 13.3. The lowest BCUT2D eigenvalue weighted by molar-refractivity contribution is 0.353. The molecule has 0 aromatic heterocycles. The summed E-state index contributed by atoms with van der Waals surface area (Å²) < 4.78 is 10.9.